The topological polar surface area (TPSA) is 32.3 Å². The number of nitrogens with zero attached hydrogens (tertiary/aromatic N) is 1. The van der Waals surface area contributed by atoms with Crippen LogP contribution >= 0.6 is 0 Å². The molecule has 1 amide bonds. The van der Waals surface area contributed by atoms with Crippen molar-refractivity contribution in [3.63, 3.8) is 0 Å². The summed E-state index contributed by atoms with van der Waals surface area (Å²) in [6, 6.07) is 0. The minimum absolute atomic E-state index is 0.0672. The van der Waals surface area contributed by atoms with Crippen LogP contribution in [-0.4, -0.2) is 35.5 Å². The first-order valence-electron chi connectivity index (χ1n) is 5.32. The molecule has 1 N–H and O–H groups in total. The molecule has 1 aliphatic heterocycles. The lowest BCUT2D eigenvalue weighted by molar-refractivity contribution is -0.133. The summed E-state index contributed by atoms with van der Waals surface area (Å²) in [5.41, 5.74) is -0.245. The minimum Gasteiger partial charge on any atom is -0.358 e. The van der Waals surface area contributed by atoms with E-state index in [2.05, 4.69) is 31.0 Å². The van der Waals surface area contributed by atoms with Crippen LogP contribution in [0.3, 0.4) is 0 Å². The second-order valence-electron chi connectivity index (χ2n) is 5.28. The number of rotatable bonds is 1. The molecule has 1 heterocycles. The summed E-state index contributed by atoms with van der Waals surface area (Å²) in [4.78, 5) is 14.1. The fourth-order valence-electron chi connectivity index (χ4n) is 2.54. The molecule has 0 spiro atoms. The molecule has 1 rings (SSSR count). The molecule has 0 unspecified atom stereocenters. The molecule has 82 valence electrons. The standard InChI is InChI=1S/C11H22N2O/c1-10(2,3)13-8-6-7-11(13,4)9(14)12-5/h6-8H2,1-5H3,(H,12,14)/t11-/m0/s1. The second kappa shape index (κ2) is 3.54. The molecule has 1 aliphatic rings. The van der Waals surface area contributed by atoms with Gasteiger partial charge in [0.15, 0.2) is 0 Å². The molecule has 1 fully saturated rings. The van der Waals surface area contributed by atoms with Crippen molar-refractivity contribution in [3.05, 3.63) is 0 Å². The van der Waals surface area contributed by atoms with Gasteiger partial charge in [0.1, 0.15) is 0 Å². The predicted molar refractivity (Wildman–Crippen MR) is 58.2 cm³/mol. The van der Waals surface area contributed by atoms with Crippen LogP contribution in [0.4, 0.5) is 0 Å². The van der Waals surface area contributed by atoms with Gasteiger partial charge < -0.3 is 5.32 Å². The number of hydrogen-bond acceptors (Lipinski definition) is 2. The number of carbonyl (C=O) groups is 1. The van der Waals surface area contributed by atoms with Crippen molar-refractivity contribution in [1.82, 2.24) is 10.2 Å². The monoisotopic (exact) mass is 198 g/mol. The number of amides is 1. The van der Waals surface area contributed by atoms with Crippen molar-refractivity contribution in [1.29, 1.82) is 0 Å². The normalized spacial score (nSPS) is 29.2. The highest BCUT2D eigenvalue weighted by molar-refractivity contribution is 5.86. The van der Waals surface area contributed by atoms with Crippen LogP contribution in [-0.2, 0) is 4.79 Å². The van der Waals surface area contributed by atoms with E-state index in [1.54, 1.807) is 7.05 Å². The molecule has 3 heteroatoms. The van der Waals surface area contributed by atoms with E-state index in [-0.39, 0.29) is 17.0 Å². The van der Waals surface area contributed by atoms with Gasteiger partial charge in [0, 0.05) is 12.6 Å². The lowest BCUT2D eigenvalue weighted by atomic mass is 9.93. The van der Waals surface area contributed by atoms with E-state index in [0.717, 1.165) is 19.4 Å². The number of nitrogens with one attached hydrogen (secondary N) is 1. The zero-order chi connectivity index (χ0) is 11.0. The van der Waals surface area contributed by atoms with Crippen LogP contribution in [0.1, 0.15) is 40.5 Å². The van der Waals surface area contributed by atoms with Crippen LogP contribution in [0.15, 0.2) is 0 Å². The molecule has 14 heavy (non-hydrogen) atoms. The molecule has 1 saturated heterocycles. The highest BCUT2D eigenvalue weighted by Crippen LogP contribution is 2.35. The average Bonchev–Trinajstić information content (AvgIpc) is 2.46. The van der Waals surface area contributed by atoms with Gasteiger partial charge >= 0.3 is 0 Å². The van der Waals surface area contributed by atoms with E-state index < -0.39 is 0 Å². The van der Waals surface area contributed by atoms with Crippen molar-refractivity contribution in [3.8, 4) is 0 Å². The summed E-state index contributed by atoms with van der Waals surface area (Å²) in [5, 5.41) is 2.77. The largest absolute Gasteiger partial charge is 0.358 e. The van der Waals surface area contributed by atoms with Crippen LogP contribution in [0, 0.1) is 0 Å². The number of hydrogen-bond donors (Lipinski definition) is 1. The number of likely N-dealkylation sites (tertiary alicyclic amines) is 1. The SMILES string of the molecule is CNC(=O)[C@]1(C)CCCN1C(C)(C)C. The molecule has 0 aliphatic carbocycles. The van der Waals surface area contributed by atoms with E-state index in [4.69, 9.17) is 0 Å². The molecule has 0 bridgehead atoms. The molecule has 3 nitrogen and oxygen atoms in total. The maximum Gasteiger partial charge on any atom is 0.240 e. The second-order valence-corrected chi connectivity index (χ2v) is 5.28. The maximum atomic E-state index is 11.8. The van der Waals surface area contributed by atoms with Gasteiger partial charge in [0.2, 0.25) is 5.91 Å². The zero-order valence-electron chi connectivity index (χ0n) is 9.98. The van der Waals surface area contributed by atoms with Crippen LogP contribution < -0.4 is 5.32 Å². The maximum absolute atomic E-state index is 11.8. The Labute approximate surface area is 86.9 Å². The minimum atomic E-state index is -0.312. The Morgan fingerprint density at radius 2 is 2.00 bits per heavy atom. The van der Waals surface area contributed by atoms with Crippen LogP contribution in [0.25, 0.3) is 0 Å². The van der Waals surface area contributed by atoms with Gasteiger partial charge in [-0.15, -0.1) is 0 Å². The molecule has 0 aromatic rings. The fraction of sp³-hybridized carbons (Fsp3) is 0.909. The Balaban J connectivity index is 2.92. The van der Waals surface area contributed by atoms with Crippen molar-refractivity contribution in [2.45, 2.75) is 51.6 Å². The molecule has 1 atom stereocenters. The summed E-state index contributed by atoms with van der Waals surface area (Å²) in [5.74, 6) is 0.143. The van der Waals surface area contributed by atoms with Crippen molar-refractivity contribution in [2.75, 3.05) is 13.6 Å². The molecule has 0 aromatic heterocycles. The van der Waals surface area contributed by atoms with Crippen molar-refractivity contribution >= 4 is 5.91 Å². The van der Waals surface area contributed by atoms with Crippen LogP contribution in [0.5, 0.6) is 0 Å². The summed E-state index contributed by atoms with van der Waals surface area (Å²) < 4.78 is 0. The van der Waals surface area contributed by atoms with Gasteiger partial charge in [0.25, 0.3) is 0 Å². The van der Waals surface area contributed by atoms with Gasteiger partial charge in [-0.1, -0.05) is 0 Å². The number of carbonyl (C=O) groups excluding carboxylic acids is 1. The molecular formula is C11H22N2O. The summed E-state index contributed by atoms with van der Waals surface area (Å²) in [6.45, 7) is 9.57. The predicted octanol–water partition coefficient (Wildman–Crippen LogP) is 1.39. The van der Waals surface area contributed by atoms with Gasteiger partial charge in [0.05, 0.1) is 5.54 Å². The summed E-state index contributed by atoms with van der Waals surface area (Å²) in [6.07, 6.45) is 2.07. The third kappa shape index (κ3) is 1.78. The molecule has 0 saturated carbocycles. The first-order chi connectivity index (χ1) is 6.32. The lowest BCUT2D eigenvalue weighted by Gasteiger charge is -2.42. The Kier molecular flexibility index (Phi) is 2.91. The highest BCUT2D eigenvalue weighted by Gasteiger charge is 2.46. The fourth-order valence-corrected chi connectivity index (χ4v) is 2.54. The van der Waals surface area contributed by atoms with E-state index in [1.807, 2.05) is 6.92 Å². The van der Waals surface area contributed by atoms with Gasteiger partial charge in [-0.3, -0.25) is 9.69 Å². The van der Waals surface area contributed by atoms with Gasteiger partial charge in [-0.25, -0.2) is 0 Å². The Morgan fingerprint density at radius 3 is 2.43 bits per heavy atom. The van der Waals surface area contributed by atoms with E-state index in [1.165, 1.54) is 0 Å². The molecule has 0 aromatic carbocycles. The van der Waals surface area contributed by atoms with E-state index in [9.17, 15) is 4.79 Å². The average molecular weight is 198 g/mol. The quantitative estimate of drug-likeness (QED) is 0.690. The third-order valence-electron chi connectivity index (χ3n) is 3.17. The Morgan fingerprint density at radius 1 is 1.43 bits per heavy atom. The molecular weight excluding hydrogens is 176 g/mol. The Hall–Kier alpha value is -0.570. The Bertz CT molecular complexity index is 232. The zero-order valence-corrected chi connectivity index (χ0v) is 9.98. The lowest BCUT2D eigenvalue weighted by Crippen LogP contribution is -2.58. The smallest absolute Gasteiger partial charge is 0.240 e. The molecule has 0 radical (unpaired) electrons. The first-order valence-corrected chi connectivity index (χ1v) is 5.32. The number of likely N-dealkylation sites (N-methyl/N-ethyl adjacent to an activating group) is 1. The van der Waals surface area contributed by atoms with Gasteiger partial charge in [-0.05, 0) is 47.1 Å². The van der Waals surface area contributed by atoms with E-state index in [0.29, 0.717) is 0 Å². The third-order valence-corrected chi connectivity index (χ3v) is 3.17. The van der Waals surface area contributed by atoms with Crippen molar-refractivity contribution in [2.24, 2.45) is 0 Å². The van der Waals surface area contributed by atoms with Crippen LogP contribution in [0.2, 0.25) is 0 Å². The van der Waals surface area contributed by atoms with Crippen molar-refractivity contribution < 1.29 is 4.79 Å². The highest BCUT2D eigenvalue weighted by atomic mass is 16.2. The van der Waals surface area contributed by atoms with E-state index >= 15 is 0 Å². The summed E-state index contributed by atoms with van der Waals surface area (Å²) >= 11 is 0. The van der Waals surface area contributed by atoms with Gasteiger partial charge in [-0.2, -0.15) is 0 Å². The first kappa shape index (κ1) is 11.5. The summed E-state index contributed by atoms with van der Waals surface area (Å²) in [7, 11) is 1.72.